The highest BCUT2D eigenvalue weighted by Crippen LogP contribution is 2.50. The summed E-state index contributed by atoms with van der Waals surface area (Å²) in [6.07, 6.45) is -4.66. The lowest BCUT2D eigenvalue weighted by atomic mass is 9.86. The van der Waals surface area contributed by atoms with Crippen molar-refractivity contribution in [3.05, 3.63) is 68.4 Å². The average Bonchev–Trinajstić information content (AvgIpc) is 3.50. The molecule has 1 fully saturated rings. The molecular formula is C27H19Cl2F4N3O3. The quantitative estimate of drug-likeness (QED) is 0.236. The summed E-state index contributed by atoms with van der Waals surface area (Å²) in [6, 6.07) is 7.90. The van der Waals surface area contributed by atoms with Crippen molar-refractivity contribution in [2.24, 2.45) is 10.6 Å². The number of carbonyl (C=O) groups is 2. The van der Waals surface area contributed by atoms with E-state index in [9.17, 15) is 32.4 Å². The average molecular weight is 580 g/mol. The molecule has 1 heterocycles. The maximum atomic E-state index is 14.3. The molecule has 39 heavy (non-hydrogen) atoms. The highest BCUT2D eigenvalue weighted by atomic mass is 35.5. The molecule has 1 aliphatic heterocycles. The molecule has 0 radical (unpaired) electrons. The molecule has 0 aromatic heterocycles. The normalized spacial score (nSPS) is 19.2. The van der Waals surface area contributed by atoms with Gasteiger partial charge in [0.1, 0.15) is 0 Å². The Morgan fingerprint density at radius 2 is 1.82 bits per heavy atom. The summed E-state index contributed by atoms with van der Waals surface area (Å²) in [5.41, 5.74) is -3.69. The van der Waals surface area contributed by atoms with Gasteiger partial charge in [-0.05, 0) is 68.0 Å². The zero-order chi connectivity index (χ0) is 28.8. The molecule has 0 spiro atoms. The highest BCUT2D eigenvalue weighted by molar-refractivity contribution is 6.35. The first-order valence-electron chi connectivity index (χ1n) is 11.5. The number of benzene rings is 2. The van der Waals surface area contributed by atoms with Crippen LogP contribution in [0.4, 0.5) is 17.6 Å². The summed E-state index contributed by atoms with van der Waals surface area (Å²) < 4.78 is 56.8. The van der Waals surface area contributed by atoms with Gasteiger partial charge in [-0.1, -0.05) is 40.3 Å². The molecule has 1 unspecified atom stereocenters. The minimum atomic E-state index is -4.98. The number of carbonyl (C=O) groups excluding carboxylic acids is 2. The van der Waals surface area contributed by atoms with E-state index < -0.39 is 56.9 Å². The van der Waals surface area contributed by atoms with Gasteiger partial charge in [0.15, 0.2) is 5.82 Å². The maximum absolute atomic E-state index is 14.3. The van der Waals surface area contributed by atoms with Crippen molar-refractivity contribution >= 4 is 40.7 Å². The fraction of sp³-hybridized carbons (Fsp3) is 0.333. The molecule has 0 bridgehead atoms. The molecule has 12 heteroatoms. The van der Waals surface area contributed by atoms with Crippen LogP contribution < -0.4 is 0 Å². The van der Waals surface area contributed by atoms with E-state index >= 15 is 0 Å². The smallest absolute Gasteiger partial charge is 0.374 e. The van der Waals surface area contributed by atoms with Crippen LogP contribution in [-0.2, 0) is 15.2 Å². The van der Waals surface area contributed by atoms with Crippen molar-refractivity contribution in [2.75, 3.05) is 6.54 Å². The number of nitrogens with zero attached hydrogens (tertiary/aromatic N) is 3. The molecule has 4 rings (SSSR count). The van der Waals surface area contributed by atoms with Crippen molar-refractivity contribution in [2.45, 2.75) is 44.9 Å². The minimum absolute atomic E-state index is 0.0859. The van der Waals surface area contributed by atoms with Gasteiger partial charge in [-0.15, -0.1) is 0 Å². The molecule has 202 valence electrons. The second-order valence-corrected chi connectivity index (χ2v) is 10.2. The largest absolute Gasteiger partial charge is 0.435 e. The van der Waals surface area contributed by atoms with E-state index in [1.165, 1.54) is 25.1 Å². The third-order valence-corrected chi connectivity index (χ3v) is 7.25. The van der Waals surface area contributed by atoms with E-state index in [2.05, 4.69) is 23.1 Å². The predicted octanol–water partition coefficient (Wildman–Crippen LogP) is 6.32. The Hall–Kier alpha value is -3.60. The third-order valence-electron chi connectivity index (χ3n) is 6.70. The van der Waals surface area contributed by atoms with Crippen molar-refractivity contribution in [1.29, 1.82) is 5.26 Å². The number of aryl methyl sites for hydroxylation is 1. The molecule has 2 aromatic carbocycles. The Labute approximate surface area is 231 Å². The second kappa shape index (κ2) is 10.2. The van der Waals surface area contributed by atoms with E-state index in [0.717, 1.165) is 17.0 Å². The summed E-state index contributed by atoms with van der Waals surface area (Å²) >= 11 is 11.5. The lowest BCUT2D eigenvalue weighted by molar-refractivity contribution is -0.275. The maximum Gasteiger partial charge on any atom is 0.435 e. The van der Waals surface area contributed by atoms with Gasteiger partial charge in [0.2, 0.25) is 0 Å². The zero-order valence-corrected chi connectivity index (χ0v) is 22.1. The minimum Gasteiger partial charge on any atom is -0.374 e. The molecule has 6 nitrogen and oxygen atoms in total. The number of hydrogen-bond acceptors (Lipinski definition) is 5. The van der Waals surface area contributed by atoms with Crippen LogP contribution in [0, 0.1) is 41.3 Å². The van der Waals surface area contributed by atoms with Crippen molar-refractivity contribution < 1.29 is 32.0 Å². The molecule has 1 saturated carbocycles. The Morgan fingerprint density at radius 1 is 1.18 bits per heavy atom. The Bertz CT molecular complexity index is 1490. The summed E-state index contributed by atoms with van der Waals surface area (Å²) in [7, 11) is 0. The Kier molecular flexibility index (Phi) is 7.41. The number of halogens is 6. The first kappa shape index (κ1) is 28.4. The van der Waals surface area contributed by atoms with Crippen LogP contribution in [0.3, 0.4) is 0 Å². The van der Waals surface area contributed by atoms with Gasteiger partial charge < -0.3 is 4.84 Å². The SMILES string of the molecule is CC#CC(=O)N(CC1(C#N)CC1)C(=O)c1ccc(C2=NOC(c3cc(Cl)c(F)c(Cl)c3)(C(F)(F)F)C2)cc1C. The fourth-order valence-electron chi connectivity index (χ4n) is 4.24. The standard InChI is InChI=1S/C27H19Cl2F4N3O3/c1-3-4-22(37)36(14-25(13-34)7-8-25)24(38)18-6-5-16(9-15(18)2)21-12-26(39-35-21,27(31,32)33)17-10-19(28)23(30)20(29)11-17/h5-6,9-11H,7-8,12,14H2,1-2H3. The molecule has 2 amide bonds. The number of amides is 2. The van der Waals surface area contributed by atoms with Gasteiger partial charge in [-0.3, -0.25) is 14.5 Å². The van der Waals surface area contributed by atoms with Gasteiger partial charge in [-0.25, -0.2) is 4.39 Å². The summed E-state index contributed by atoms with van der Waals surface area (Å²) in [5.74, 6) is 2.27. The summed E-state index contributed by atoms with van der Waals surface area (Å²) in [4.78, 5) is 31.8. The third kappa shape index (κ3) is 5.19. The van der Waals surface area contributed by atoms with Crippen LogP contribution >= 0.6 is 23.2 Å². The molecule has 1 aliphatic carbocycles. The first-order valence-corrected chi connectivity index (χ1v) is 12.3. The number of rotatable bonds is 5. The van der Waals surface area contributed by atoms with Crippen molar-refractivity contribution in [3.8, 4) is 17.9 Å². The van der Waals surface area contributed by atoms with Crippen LogP contribution in [0.5, 0.6) is 0 Å². The predicted molar refractivity (Wildman–Crippen MR) is 134 cm³/mol. The van der Waals surface area contributed by atoms with Gasteiger partial charge >= 0.3 is 12.1 Å². The van der Waals surface area contributed by atoms with Crippen LogP contribution in [0.15, 0.2) is 35.5 Å². The molecule has 1 atom stereocenters. The lowest BCUT2D eigenvalue weighted by Gasteiger charge is -2.29. The first-order chi connectivity index (χ1) is 18.3. The van der Waals surface area contributed by atoms with Crippen LogP contribution in [-0.4, -0.2) is 35.1 Å². The Morgan fingerprint density at radius 3 is 2.33 bits per heavy atom. The molecule has 0 N–H and O–H groups in total. The topological polar surface area (TPSA) is 82.8 Å². The second-order valence-electron chi connectivity index (χ2n) is 9.38. The highest BCUT2D eigenvalue weighted by Gasteiger charge is 2.62. The van der Waals surface area contributed by atoms with E-state index in [1.807, 2.05) is 0 Å². The van der Waals surface area contributed by atoms with Crippen LogP contribution in [0.2, 0.25) is 10.0 Å². The molecule has 2 aliphatic rings. The number of imide groups is 1. The Balaban J connectivity index is 1.65. The number of nitriles is 1. The van der Waals surface area contributed by atoms with Gasteiger partial charge in [0.25, 0.3) is 11.5 Å². The lowest BCUT2D eigenvalue weighted by Crippen LogP contribution is -2.42. The fourth-order valence-corrected chi connectivity index (χ4v) is 4.73. The molecular weight excluding hydrogens is 561 g/mol. The van der Waals surface area contributed by atoms with E-state index in [1.54, 1.807) is 6.92 Å². The zero-order valence-electron chi connectivity index (χ0n) is 20.5. The number of alkyl halides is 3. The van der Waals surface area contributed by atoms with Gasteiger partial charge in [0, 0.05) is 24.1 Å². The van der Waals surface area contributed by atoms with Crippen LogP contribution in [0.1, 0.15) is 53.2 Å². The van der Waals surface area contributed by atoms with E-state index in [0.29, 0.717) is 18.4 Å². The summed E-state index contributed by atoms with van der Waals surface area (Å²) in [6.45, 7) is 2.88. The monoisotopic (exact) mass is 579 g/mol. The van der Waals surface area contributed by atoms with Crippen LogP contribution in [0.25, 0.3) is 0 Å². The van der Waals surface area contributed by atoms with Crippen molar-refractivity contribution in [3.63, 3.8) is 0 Å². The molecule has 2 aromatic rings. The number of hydrogen-bond donors (Lipinski definition) is 0. The summed E-state index contributed by atoms with van der Waals surface area (Å²) in [5, 5.41) is 11.9. The number of oxime groups is 1. The van der Waals surface area contributed by atoms with Crippen molar-refractivity contribution in [1.82, 2.24) is 4.90 Å². The van der Waals surface area contributed by atoms with E-state index in [4.69, 9.17) is 28.0 Å². The molecule has 0 saturated heterocycles. The van der Waals surface area contributed by atoms with Gasteiger partial charge in [-0.2, -0.15) is 18.4 Å². The van der Waals surface area contributed by atoms with Gasteiger partial charge in [0.05, 0.1) is 27.2 Å². The van der Waals surface area contributed by atoms with E-state index in [-0.39, 0.29) is 23.4 Å².